The quantitative estimate of drug-likeness (QED) is 0.00756. The molecule has 15 amide bonds. The van der Waals surface area contributed by atoms with E-state index in [4.69, 9.17) is 11.3 Å². The number of nitrogens with one attached hydrogen (secondary N) is 14. The molecule has 646 valence electrons. The number of rotatable bonds is 38. The zero-order valence-corrected chi connectivity index (χ0v) is 71.3. The zero-order chi connectivity index (χ0) is 88.6. The van der Waals surface area contributed by atoms with Gasteiger partial charge in [-0.15, -0.1) is 0 Å². The number of fused-ring (bicyclic) bond motifs is 6. The Bertz CT molecular complexity index is 4670. The van der Waals surface area contributed by atoms with Gasteiger partial charge in [0.25, 0.3) is 17.7 Å². The third-order valence-corrected chi connectivity index (χ3v) is 21.6. The van der Waals surface area contributed by atoms with Gasteiger partial charge in [0.2, 0.25) is 0 Å². The SMILES string of the molecule is CCc1c(CC)c2c(CC)c(c1CC)CNC(=O)Nc1cc(C(=O)NC(CCC(C)=O)(CCC(C)=O)CCC(C)=O)ccc1NC(=O)NCc1c(CC)c(CNC(=O)Nc3ccc(C(=O)NC(CCC(C)=O)(CCC(C)=O)CCC(C)=O)cc3NC(N)=O)c(CC)c(c1CC)CNC(=O)Nc1ccc(C(=O)NCCCN=[N+]=[N-])cc1NC(=O)NC2. The summed E-state index contributed by atoms with van der Waals surface area (Å²) in [5.41, 5.74) is 21.6. The number of anilines is 6. The molecule has 0 saturated heterocycles. The fraction of sp³-hybridized carbons (Fsp3) is 0.483. The smallest absolute Gasteiger partial charge is 0.319 e. The average Bonchev–Trinajstić information content (AvgIpc) is 0.768. The van der Waals surface area contributed by atoms with Crippen LogP contribution in [0.4, 0.5) is 62.9 Å². The van der Waals surface area contributed by atoms with Crippen molar-refractivity contribution < 1.29 is 71.9 Å². The van der Waals surface area contributed by atoms with E-state index in [9.17, 15) is 71.9 Å². The molecule has 6 rings (SSSR count). The second kappa shape index (κ2) is 46.6. The van der Waals surface area contributed by atoms with E-state index in [2.05, 4.69) is 84.5 Å². The summed E-state index contributed by atoms with van der Waals surface area (Å²) in [6, 6.07) is 7.74. The Labute approximate surface area is 700 Å². The Hall–Kier alpha value is -12.5. The molecule has 0 aliphatic carbocycles. The number of carbonyl (C=O) groups excluding carboxylic acids is 15. The number of azide groups is 1. The third kappa shape index (κ3) is 28.1. The zero-order valence-electron chi connectivity index (χ0n) is 71.3. The van der Waals surface area contributed by atoms with Crippen molar-refractivity contribution in [1.29, 1.82) is 0 Å². The molecule has 0 aromatic heterocycles. The van der Waals surface area contributed by atoms with E-state index in [1.807, 2.05) is 48.5 Å². The van der Waals surface area contributed by atoms with Gasteiger partial charge in [-0.05, 0) is 258 Å². The molecule has 1 aliphatic heterocycles. The van der Waals surface area contributed by atoms with Crippen molar-refractivity contribution in [3.63, 3.8) is 0 Å². The number of carbonyl (C=O) groups is 15. The summed E-state index contributed by atoms with van der Waals surface area (Å²) >= 11 is 0. The van der Waals surface area contributed by atoms with Gasteiger partial charge in [0.15, 0.2) is 0 Å². The largest absolute Gasteiger partial charge is 0.352 e. The van der Waals surface area contributed by atoms with Crippen molar-refractivity contribution in [2.75, 3.05) is 45.0 Å². The first-order valence-corrected chi connectivity index (χ1v) is 41.1. The molecule has 0 unspecified atom stereocenters. The fourth-order valence-corrected chi connectivity index (χ4v) is 15.5. The van der Waals surface area contributed by atoms with Crippen LogP contribution in [-0.4, -0.2) is 113 Å². The maximum atomic E-state index is 14.9. The van der Waals surface area contributed by atoms with E-state index in [0.717, 1.165) is 33.4 Å². The number of nitrogens with zero attached hydrogens (tertiary/aromatic N) is 3. The van der Waals surface area contributed by atoms with Gasteiger partial charge in [-0.25, -0.2) is 28.8 Å². The lowest BCUT2D eigenvalue weighted by atomic mass is 9.81. The number of Topliss-reactive ketones (excluding diaryl/α,β-unsaturated/α-hetero) is 6. The van der Waals surface area contributed by atoms with Gasteiger partial charge in [0.05, 0.1) is 34.1 Å². The standard InChI is InChI=1S/C87H118N18O15/c1-14-59-60(15-2)66-45-94-84(119)101-75-42-56(77(112)90-40-21-41-96-105-89)22-25-72(75)99-82(117)92-48-69-63(18-5)68(47-91-81(116)98-71-26-23-57(43-74(71)97-80(88)115)78(113)103-86(34-28-50(8)106,35-29-51(9)107)36-30-52(10)108)64(19-6)70(65(69)20-7)49-93-83(118)100-73-27-24-58(44-76(73)102-85(120)95-46-67(61(59)16-3)62(66)17-4)79(114)104-87(37-31-53(11)109,38-32-54(12)110)39-33-55(13)111/h22-27,42-44H,14-21,28-41,45-49H2,1-13H3,(H,90,112)(H,103,113)(H,104,114)(H3,88,97,115)(H2,91,98,116)(H2,92,99,117)(H2,93,100,118)(H2,94,101,119)(H2,95,102,120). The summed E-state index contributed by atoms with van der Waals surface area (Å²) in [6.45, 7) is 21.8. The molecule has 5 aromatic rings. The van der Waals surface area contributed by atoms with Crippen LogP contribution in [0.25, 0.3) is 10.4 Å². The van der Waals surface area contributed by atoms with E-state index < -0.39 is 65.0 Å². The van der Waals surface area contributed by atoms with Gasteiger partial charge in [-0.1, -0.05) is 53.6 Å². The molecule has 0 radical (unpaired) electrons. The highest BCUT2D eigenvalue weighted by Gasteiger charge is 2.36. The summed E-state index contributed by atoms with van der Waals surface area (Å²) in [4.78, 5) is 206. The molecule has 4 bridgehead atoms. The Balaban J connectivity index is 1.52. The van der Waals surface area contributed by atoms with Crippen LogP contribution < -0.4 is 80.2 Å². The normalized spacial score (nSPS) is 12.7. The summed E-state index contributed by atoms with van der Waals surface area (Å²) < 4.78 is 0. The number of amides is 15. The summed E-state index contributed by atoms with van der Waals surface area (Å²) in [7, 11) is 0. The Morgan fingerprint density at radius 3 is 1.06 bits per heavy atom. The van der Waals surface area contributed by atoms with E-state index in [1.165, 1.54) is 96.1 Å². The minimum atomic E-state index is -1.20. The van der Waals surface area contributed by atoms with Crippen LogP contribution in [0.2, 0.25) is 0 Å². The molecule has 5 aromatic carbocycles. The van der Waals surface area contributed by atoms with Crippen LogP contribution in [0.1, 0.15) is 271 Å². The predicted molar refractivity (Wildman–Crippen MR) is 461 cm³/mol. The predicted octanol–water partition coefficient (Wildman–Crippen LogP) is 13.6. The van der Waals surface area contributed by atoms with Gasteiger partial charge in [0.1, 0.15) is 34.7 Å². The first-order valence-electron chi connectivity index (χ1n) is 41.1. The lowest BCUT2D eigenvalue weighted by molar-refractivity contribution is -0.119. The highest BCUT2D eigenvalue weighted by atomic mass is 16.2. The Morgan fingerprint density at radius 2 is 0.725 bits per heavy atom. The number of primary amides is 1. The fourth-order valence-electron chi connectivity index (χ4n) is 15.5. The summed E-state index contributed by atoms with van der Waals surface area (Å²) in [5.74, 6) is -2.93. The summed E-state index contributed by atoms with van der Waals surface area (Å²) in [5, 5.41) is 44.1. The van der Waals surface area contributed by atoms with Crippen molar-refractivity contribution in [2.24, 2.45) is 10.8 Å². The van der Waals surface area contributed by atoms with E-state index >= 15 is 0 Å². The number of hydrogen-bond donors (Lipinski definition) is 15. The molecule has 1 heterocycles. The second-order valence-corrected chi connectivity index (χ2v) is 30.3. The molecule has 16 N–H and O–H groups in total. The van der Waals surface area contributed by atoms with Gasteiger partial charge < -0.3 is 109 Å². The lowest BCUT2D eigenvalue weighted by Crippen LogP contribution is -2.49. The topological polar surface area (TPSA) is 499 Å². The lowest BCUT2D eigenvalue weighted by Gasteiger charge is -2.35. The van der Waals surface area contributed by atoms with Gasteiger partial charge in [0, 0.05) is 117 Å². The number of hydrogen-bond acceptors (Lipinski definition) is 16. The highest BCUT2D eigenvalue weighted by molar-refractivity contribution is 6.06. The van der Waals surface area contributed by atoms with Crippen LogP contribution in [0.15, 0.2) is 59.7 Å². The van der Waals surface area contributed by atoms with Crippen LogP contribution in [0, 0.1) is 0 Å². The maximum Gasteiger partial charge on any atom is 0.319 e. The van der Waals surface area contributed by atoms with Gasteiger partial charge in [-0.2, -0.15) is 0 Å². The molecule has 0 fully saturated rings. The van der Waals surface area contributed by atoms with Crippen LogP contribution in [0.3, 0.4) is 0 Å². The first kappa shape index (κ1) is 96.3. The minimum Gasteiger partial charge on any atom is -0.352 e. The van der Waals surface area contributed by atoms with Crippen LogP contribution >= 0.6 is 0 Å². The molecule has 0 saturated carbocycles. The highest BCUT2D eigenvalue weighted by Crippen LogP contribution is 2.37. The van der Waals surface area contributed by atoms with Crippen molar-refractivity contribution >= 4 is 123 Å². The molecule has 33 heteroatoms. The molecular weight excluding hydrogens is 1540 g/mol. The van der Waals surface area contributed by atoms with Gasteiger partial charge >= 0.3 is 36.2 Å². The molecule has 0 atom stereocenters. The van der Waals surface area contributed by atoms with Crippen molar-refractivity contribution in [3.05, 3.63) is 148 Å². The van der Waals surface area contributed by atoms with E-state index in [0.29, 0.717) is 84.7 Å². The van der Waals surface area contributed by atoms with Crippen LogP contribution in [0.5, 0.6) is 0 Å². The second-order valence-electron chi connectivity index (χ2n) is 30.3. The number of ketones is 6. The first-order chi connectivity index (χ1) is 57.1. The van der Waals surface area contributed by atoms with E-state index in [-0.39, 0.29) is 208 Å². The van der Waals surface area contributed by atoms with Gasteiger partial charge in [-0.3, -0.25) is 14.4 Å². The molecule has 0 spiro atoms. The number of urea groups is 6. The molecule has 1 aliphatic rings. The van der Waals surface area contributed by atoms with Crippen molar-refractivity contribution in [3.8, 4) is 0 Å². The molecular formula is C87H118N18O15. The van der Waals surface area contributed by atoms with E-state index in [1.54, 1.807) is 0 Å². The van der Waals surface area contributed by atoms with Crippen molar-refractivity contribution in [2.45, 2.75) is 262 Å². The molecule has 120 heavy (non-hydrogen) atoms. The Kier molecular flexibility index (Phi) is 37.4. The van der Waals surface area contributed by atoms with Crippen LogP contribution in [-0.2, 0) is 106 Å². The monoisotopic (exact) mass is 1650 g/mol. The maximum absolute atomic E-state index is 14.9. The number of benzene rings is 5. The Morgan fingerprint density at radius 1 is 0.400 bits per heavy atom. The average molecular weight is 1660 g/mol. The minimum absolute atomic E-state index is 0.00183. The summed E-state index contributed by atoms with van der Waals surface area (Å²) in [6.07, 6.45) is 4.36. The van der Waals surface area contributed by atoms with Crippen molar-refractivity contribution in [1.82, 2.24) is 42.5 Å². The number of nitrogens with two attached hydrogens (primary N) is 1. The third-order valence-electron chi connectivity index (χ3n) is 21.6. The molecule has 33 nitrogen and oxygen atoms in total.